The van der Waals surface area contributed by atoms with Gasteiger partial charge in [-0.25, -0.2) is 4.39 Å². The van der Waals surface area contributed by atoms with Crippen LogP contribution in [0, 0.1) is 5.38 Å². The highest BCUT2D eigenvalue weighted by atomic mass is 32.1. The Kier molecular flexibility index (Phi) is 2.66. The summed E-state index contributed by atoms with van der Waals surface area (Å²) in [6, 6.07) is 0. The Labute approximate surface area is 81.9 Å². The van der Waals surface area contributed by atoms with E-state index < -0.39 is 23.7 Å². The summed E-state index contributed by atoms with van der Waals surface area (Å²) in [6.07, 6.45) is -12.3. The van der Waals surface area contributed by atoms with Gasteiger partial charge in [-0.1, -0.05) is 4.49 Å². The fraction of sp³-hybridized carbons (Fsp3) is 0.600. The van der Waals surface area contributed by atoms with Crippen molar-refractivity contribution in [3.8, 4) is 0 Å². The van der Waals surface area contributed by atoms with Crippen LogP contribution in [0.25, 0.3) is 0 Å². The van der Waals surface area contributed by atoms with Crippen LogP contribution in [0.5, 0.6) is 0 Å². The van der Waals surface area contributed by atoms with Gasteiger partial charge in [0.05, 0.1) is 5.38 Å². The van der Waals surface area contributed by atoms with Gasteiger partial charge in [0.2, 0.25) is 0 Å². The second-order valence-corrected chi connectivity index (χ2v) is 2.93. The third kappa shape index (κ3) is 1.77. The molecule has 0 amide bonds. The molecule has 1 radical (unpaired) electrons. The van der Waals surface area contributed by atoms with E-state index in [1.165, 1.54) is 5.38 Å². The van der Waals surface area contributed by atoms with Gasteiger partial charge < -0.3 is 0 Å². The molecule has 1 aromatic heterocycles. The van der Waals surface area contributed by atoms with Gasteiger partial charge in [0.1, 0.15) is 5.69 Å². The van der Waals surface area contributed by atoms with Crippen molar-refractivity contribution in [1.82, 2.24) is 9.59 Å². The van der Waals surface area contributed by atoms with Gasteiger partial charge in [-0.05, 0) is 11.5 Å². The van der Waals surface area contributed by atoms with Crippen LogP contribution in [0.1, 0.15) is 5.69 Å². The largest absolute Gasteiger partial charge is 0.437 e. The van der Waals surface area contributed by atoms with Crippen LogP contribution in [0.4, 0.5) is 30.7 Å². The Morgan fingerprint density at radius 3 is 1.67 bits per heavy atom. The number of aromatic nitrogens is 2. The van der Waals surface area contributed by atoms with Crippen molar-refractivity contribution >= 4 is 11.5 Å². The standard InChI is InChI=1S/C5F7N2S/c6-3(4(7,8)9,5(10,11)12)2-1-15-14-13-2. The molecule has 1 rings (SSSR count). The zero-order valence-corrected chi connectivity index (χ0v) is 7.26. The highest BCUT2D eigenvalue weighted by Crippen LogP contribution is 2.52. The lowest BCUT2D eigenvalue weighted by atomic mass is 10.0. The fourth-order valence-corrected chi connectivity index (χ4v) is 1.14. The summed E-state index contributed by atoms with van der Waals surface area (Å²) in [6.45, 7) is 0. The molecule has 15 heavy (non-hydrogen) atoms. The Bertz CT molecular complexity index is 312. The Hall–Kier alpha value is -0.930. The monoisotopic (exact) mass is 253 g/mol. The van der Waals surface area contributed by atoms with Gasteiger partial charge in [-0.3, -0.25) is 0 Å². The molecular weight excluding hydrogens is 253 g/mol. The van der Waals surface area contributed by atoms with Gasteiger partial charge in [0.25, 0.3) is 0 Å². The first kappa shape index (κ1) is 12.1. The van der Waals surface area contributed by atoms with Gasteiger partial charge in [-0.2, -0.15) is 26.3 Å². The lowest BCUT2D eigenvalue weighted by Gasteiger charge is -2.27. The minimum Gasteiger partial charge on any atom is -0.216 e. The number of nitrogens with zero attached hydrogens (tertiary/aromatic N) is 2. The first-order valence-electron chi connectivity index (χ1n) is 3.13. The second-order valence-electron chi connectivity index (χ2n) is 2.38. The molecule has 0 aromatic carbocycles. The molecule has 0 fully saturated rings. The van der Waals surface area contributed by atoms with Crippen molar-refractivity contribution in [2.24, 2.45) is 0 Å². The summed E-state index contributed by atoms with van der Waals surface area (Å²) in [7, 11) is 0. The molecule has 2 nitrogen and oxygen atoms in total. The zero-order valence-electron chi connectivity index (χ0n) is 6.45. The summed E-state index contributed by atoms with van der Waals surface area (Å²) in [5.41, 5.74) is -7.44. The highest BCUT2D eigenvalue weighted by molar-refractivity contribution is 7.02. The Morgan fingerprint density at radius 1 is 0.933 bits per heavy atom. The van der Waals surface area contributed by atoms with E-state index in [9.17, 15) is 30.7 Å². The van der Waals surface area contributed by atoms with E-state index in [0.29, 0.717) is 0 Å². The van der Waals surface area contributed by atoms with E-state index >= 15 is 0 Å². The van der Waals surface area contributed by atoms with Crippen LogP contribution in [0.3, 0.4) is 0 Å². The number of rotatable bonds is 1. The summed E-state index contributed by atoms with van der Waals surface area (Å²) in [5, 5.41) is 3.81. The van der Waals surface area contributed by atoms with Crippen molar-refractivity contribution in [2.45, 2.75) is 18.0 Å². The van der Waals surface area contributed by atoms with Crippen molar-refractivity contribution < 1.29 is 30.7 Å². The molecule has 0 atom stereocenters. The first-order chi connectivity index (χ1) is 6.61. The van der Waals surface area contributed by atoms with Crippen LogP contribution >= 0.6 is 11.5 Å². The minimum absolute atomic E-state index is 0.0726. The van der Waals surface area contributed by atoms with Gasteiger partial charge in [0.15, 0.2) is 0 Å². The molecule has 0 spiro atoms. The smallest absolute Gasteiger partial charge is 0.216 e. The van der Waals surface area contributed by atoms with Crippen molar-refractivity contribution in [3.05, 3.63) is 11.1 Å². The van der Waals surface area contributed by atoms with Gasteiger partial charge >= 0.3 is 18.0 Å². The van der Waals surface area contributed by atoms with Crippen molar-refractivity contribution in [3.63, 3.8) is 0 Å². The van der Waals surface area contributed by atoms with Crippen LogP contribution in [-0.4, -0.2) is 21.9 Å². The molecule has 10 heteroatoms. The van der Waals surface area contributed by atoms with Crippen molar-refractivity contribution in [1.29, 1.82) is 0 Å². The van der Waals surface area contributed by atoms with Crippen LogP contribution in [0.15, 0.2) is 0 Å². The fourth-order valence-electron chi connectivity index (χ4n) is 0.714. The molecule has 0 N–H and O–H groups in total. The molecule has 85 valence electrons. The molecular formula is C5F7N2S. The molecule has 0 saturated carbocycles. The number of hydrogen-bond acceptors (Lipinski definition) is 3. The zero-order chi connectivity index (χ0) is 11.9. The predicted molar refractivity (Wildman–Crippen MR) is 33.6 cm³/mol. The SMILES string of the molecule is FC(F)(F)C(F)(c1[c]snn1)C(F)(F)F. The average molecular weight is 253 g/mol. The molecule has 0 unspecified atom stereocenters. The van der Waals surface area contributed by atoms with E-state index in [1.54, 1.807) is 0 Å². The summed E-state index contributed by atoms with van der Waals surface area (Å²) in [5.74, 6) is 0. The first-order valence-corrected chi connectivity index (χ1v) is 3.91. The molecule has 0 aliphatic carbocycles. The summed E-state index contributed by atoms with van der Waals surface area (Å²) < 4.78 is 87.6. The molecule has 0 aliphatic rings. The third-order valence-corrected chi connectivity index (χ3v) is 1.88. The number of hydrogen-bond donors (Lipinski definition) is 0. The molecule has 1 heterocycles. The maximum absolute atomic E-state index is 13.0. The van der Waals surface area contributed by atoms with Crippen LogP contribution in [-0.2, 0) is 5.67 Å². The normalized spacial score (nSPS) is 14.3. The summed E-state index contributed by atoms with van der Waals surface area (Å²) in [4.78, 5) is 0. The Balaban J connectivity index is 3.33. The quantitative estimate of drug-likeness (QED) is 0.719. The van der Waals surface area contributed by atoms with Crippen LogP contribution in [0.2, 0.25) is 0 Å². The maximum atomic E-state index is 13.0. The van der Waals surface area contributed by atoms with E-state index in [0.717, 1.165) is 0 Å². The molecule has 1 aromatic rings. The lowest BCUT2D eigenvalue weighted by molar-refractivity contribution is -0.350. The Morgan fingerprint density at radius 2 is 1.40 bits per heavy atom. The topological polar surface area (TPSA) is 25.8 Å². The number of alkyl halides is 7. The third-order valence-electron chi connectivity index (χ3n) is 1.43. The average Bonchev–Trinajstić information content (AvgIpc) is 2.49. The maximum Gasteiger partial charge on any atom is 0.437 e. The van der Waals surface area contributed by atoms with E-state index in [2.05, 4.69) is 9.59 Å². The van der Waals surface area contributed by atoms with Gasteiger partial charge in [-0.15, -0.1) is 5.10 Å². The highest BCUT2D eigenvalue weighted by Gasteiger charge is 2.75. The molecule has 0 bridgehead atoms. The molecule has 0 aliphatic heterocycles. The van der Waals surface area contributed by atoms with E-state index in [4.69, 9.17) is 0 Å². The van der Waals surface area contributed by atoms with Crippen LogP contribution < -0.4 is 0 Å². The molecule has 0 saturated heterocycles. The summed E-state index contributed by atoms with van der Waals surface area (Å²) >= 11 is 0.0726. The predicted octanol–water partition coefficient (Wildman–Crippen LogP) is 2.63. The van der Waals surface area contributed by atoms with E-state index in [1.807, 2.05) is 0 Å². The van der Waals surface area contributed by atoms with E-state index in [-0.39, 0.29) is 11.5 Å². The van der Waals surface area contributed by atoms with Gasteiger partial charge in [0, 0.05) is 0 Å². The van der Waals surface area contributed by atoms with Crippen molar-refractivity contribution in [2.75, 3.05) is 0 Å². The lowest BCUT2D eigenvalue weighted by Crippen LogP contribution is -2.50. The number of halogens is 7. The minimum atomic E-state index is -6.16. The second kappa shape index (κ2) is 3.29.